The Morgan fingerprint density at radius 2 is 1.81 bits per heavy atom. The number of aliphatic carboxylic acids is 1. The van der Waals surface area contributed by atoms with Crippen molar-refractivity contribution < 1.29 is 39.2 Å². The number of aliphatic hydroxyl groups is 2. The van der Waals surface area contributed by atoms with E-state index in [0.717, 1.165) is 61.6 Å². The van der Waals surface area contributed by atoms with Gasteiger partial charge >= 0.3 is 11.9 Å². The lowest BCUT2D eigenvalue weighted by molar-refractivity contribution is -0.152. The van der Waals surface area contributed by atoms with Gasteiger partial charge in [0.2, 0.25) is 0 Å². The Balaban J connectivity index is 1.32. The van der Waals surface area contributed by atoms with Gasteiger partial charge in [-0.05, 0) is 79.0 Å². The third-order valence-corrected chi connectivity index (χ3v) is 8.90. The average molecular weight is 596 g/mol. The topological polar surface area (TPSA) is 142 Å². The minimum Gasteiger partial charge on any atom is -0.483 e. The molecule has 4 rings (SSSR count). The third-order valence-electron chi connectivity index (χ3n) is 8.90. The van der Waals surface area contributed by atoms with Crippen LogP contribution in [0.2, 0.25) is 0 Å². The summed E-state index contributed by atoms with van der Waals surface area (Å²) >= 11 is 0. The number of hydrogen-bond donors (Lipinski definition) is 4. The van der Waals surface area contributed by atoms with Crippen LogP contribution in [-0.2, 0) is 38.6 Å². The molecule has 1 amide bonds. The van der Waals surface area contributed by atoms with E-state index in [1.807, 2.05) is 18.2 Å². The molecule has 0 aromatic heterocycles. The van der Waals surface area contributed by atoms with Crippen LogP contribution in [0.15, 0.2) is 48.5 Å². The van der Waals surface area contributed by atoms with E-state index < -0.39 is 36.4 Å². The van der Waals surface area contributed by atoms with Gasteiger partial charge in [-0.1, -0.05) is 68.7 Å². The van der Waals surface area contributed by atoms with E-state index in [-0.39, 0.29) is 25.2 Å². The molecule has 2 aromatic carbocycles. The zero-order chi connectivity index (χ0) is 30.8. The van der Waals surface area contributed by atoms with Crippen molar-refractivity contribution in [2.75, 3.05) is 6.61 Å². The predicted molar refractivity (Wildman–Crippen MR) is 160 cm³/mol. The van der Waals surface area contributed by atoms with Gasteiger partial charge in [0.25, 0.3) is 5.91 Å². The molecular formula is C34H45NO8. The maximum atomic E-state index is 12.7. The first kappa shape index (κ1) is 32.5. The van der Waals surface area contributed by atoms with Gasteiger partial charge in [0.05, 0.1) is 18.6 Å². The zero-order valence-corrected chi connectivity index (χ0v) is 25.0. The second-order valence-electron chi connectivity index (χ2n) is 12.0. The number of esters is 1. The summed E-state index contributed by atoms with van der Waals surface area (Å²) in [6, 6.07) is 13.4. The van der Waals surface area contributed by atoms with E-state index in [4.69, 9.17) is 9.47 Å². The molecule has 0 saturated heterocycles. The average Bonchev–Trinajstić information content (AvgIpc) is 3.30. The third kappa shape index (κ3) is 9.28. The van der Waals surface area contributed by atoms with Crippen molar-refractivity contribution in [1.29, 1.82) is 0 Å². The molecular weight excluding hydrogens is 550 g/mol. The summed E-state index contributed by atoms with van der Waals surface area (Å²) in [5.41, 5.74) is 2.90. The molecule has 1 unspecified atom stereocenters. The van der Waals surface area contributed by atoms with Crippen molar-refractivity contribution in [2.45, 2.75) is 96.0 Å². The predicted octanol–water partition coefficient (Wildman–Crippen LogP) is 4.20. The molecule has 1 fully saturated rings. The molecule has 2 aromatic rings. The van der Waals surface area contributed by atoms with Crippen molar-refractivity contribution in [3.05, 3.63) is 65.2 Å². The quantitative estimate of drug-likeness (QED) is 0.167. The molecule has 0 bridgehead atoms. The summed E-state index contributed by atoms with van der Waals surface area (Å²) in [6.45, 7) is 1.74. The molecule has 2 aliphatic carbocycles. The lowest BCUT2D eigenvalue weighted by Gasteiger charge is -2.32. The van der Waals surface area contributed by atoms with Gasteiger partial charge in [0.15, 0.2) is 6.61 Å². The van der Waals surface area contributed by atoms with Crippen LogP contribution in [0.25, 0.3) is 0 Å². The molecule has 9 nitrogen and oxygen atoms in total. The van der Waals surface area contributed by atoms with Crippen LogP contribution < -0.4 is 10.1 Å². The molecule has 2 aliphatic rings. The number of carboxylic acid groups (broad SMARTS) is 1. The molecule has 0 spiro atoms. The van der Waals surface area contributed by atoms with E-state index in [0.29, 0.717) is 30.4 Å². The number of benzene rings is 2. The zero-order valence-electron chi connectivity index (χ0n) is 25.0. The molecule has 43 heavy (non-hydrogen) atoms. The van der Waals surface area contributed by atoms with E-state index in [2.05, 4.69) is 18.3 Å². The Hall–Kier alpha value is -3.43. The summed E-state index contributed by atoms with van der Waals surface area (Å²) in [5, 5.41) is 33.1. The second kappa shape index (κ2) is 15.9. The van der Waals surface area contributed by atoms with Gasteiger partial charge in [-0.25, -0.2) is 4.79 Å². The minimum atomic E-state index is -1.34. The number of carbonyl (C=O) groups excluding carboxylic acids is 2. The smallest absolute Gasteiger partial charge is 0.329 e. The molecule has 0 radical (unpaired) electrons. The molecule has 234 valence electrons. The van der Waals surface area contributed by atoms with E-state index in [1.165, 1.54) is 0 Å². The summed E-state index contributed by atoms with van der Waals surface area (Å²) < 4.78 is 11.1. The van der Waals surface area contributed by atoms with Crippen molar-refractivity contribution in [2.24, 2.45) is 17.8 Å². The number of carbonyl (C=O) groups is 3. The Morgan fingerprint density at radius 3 is 2.56 bits per heavy atom. The number of carboxylic acids is 1. The minimum absolute atomic E-state index is 0.0322. The molecule has 6 atom stereocenters. The van der Waals surface area contributed by atoms with Gasteiger partial charge in [0, 0.05) is 0 Å². The number of amides is 1. The van der Waals surface area contributed by atoms with Crippen LogP contribution in [0.1, 0.15) is 75.0 Å². The van der Waals surface area contributed by atoms with Crippen LogP contribution in [0, 0.1) is 17.8 Å². The van der Waals surface area contributed by atoms with Gasteiger partial charge in [-0.3, -0.25) is 9.59 Å². The Morgan fingerprint density at radius 1 is 1.02 bits per heavy atom. The van der Waals surface area contributed by atoms with Gasteiger partial charge in [0.1, 0.15) is 18.4 Å². The van der Waals surface area contributed by atoms with E-state index in [9.17, 15) is 29.7 Å². The highest BCUT2D eigenvalue weighted by molar-refractivity contribution is 5.88. The molecule has 4 N–H and O–H groups in total. The van der Waals surface area contributed by atoms with Crippen LogP contribution in [0.5, 0.6) is 5.75 Å². The monoisotopic (exact) mass is 595 g/mol. The fourth-order valence-electron chi connectivity index (χ4n) is 6.67. The van der Waals surface area contributed by atoms with Gasteiger partial charge < -0.3 is 30.1 Å². The Kier molecular flexibility index (Phi) is 12.0. The summed E-state index contributed by atoms with van der Waals surface area (Å²) in [7, 11) is 0. The van der Waals surface area contributed by atoms with Crippen molar-refractivity contribution >= 4 is 17.8 Å². The lowest BCUT2D eigenvalue weighted by Crippen LogP contribution is -2.45. The number of nitrogens with one attached hydrogen (secondary N) is 1. The molecule has 9 heteroatoms. The summed E-state index contributed by atoms with van der Waals surface area (Å²) in [5.74, 6) is -1.32. The largest absolute Gasteiger partial charge is 0.483 e. The lowest BCUT2D eigenvalue weighted by atomic mass is 9.73. The fourth-order valence-corrected chi connectivity index (χ4v) is 6.67. The first-order valence-electron chi connectivity index (χ1n) is 15.6. The highest BCUT2D eigenvalue weighted by Crippen LogP contribution is 2.48. The number of unbranched alkanes of at least 4 members (excludes halogenated alkanes) is 2. The molecule has 0 heterocycles. The second-order valence-corrected chi connectivity index (χ2v) is 12.0. The Bertz CT molecular complexity index is 1220. The number of rotatable bonds is 16. The molecule has 1 saturated carbocycles. The van der Waals surface area contributed by atoms with Gasteiger partial charge in [-0.2, -0.15) is 0 Å². The van der Waals surface area contributed by atoms with Crippen molar-refractivity contribution in [3.8, 4) is 5.75 Å². The molecule has 0 aliphatic heterocycles. The van der Waals surface area contributed by atoms with E-state index in [1.54, 1.807) is 24.3 Å². The first-order chi connectivity index (χ1) is 20.7. The fraction of sp³-hybridized carbons (Fsp3) is 0.559. The number of ether oxygens (including phenoxy) is 2. The maximum absolute atomic E-state index is 12.7. The summed E-state index contributed by atoms with van der Waals surface area (Å²) in [4.78, 5) is 36.7. The maximum Gasteiger partial charge on any atom is 0.329 e. The highest BCUT2D eigenvalue weighted by atomic mass is 16.5. The van der Waals surface area contributed by atoms with Crippen LogP contribution in [-0.4, -0.2) is 58.0 Å². The standard InChI is InChI=1S/C34H45NO8/c1-2-3-5-12-25(36)14-15-26-27-16-23-11-8-13-31(28(23)17-24(27)18-30(26)37)42-21-32(38)35-29(19-33(39)40)34(41)43-20-22-9-6-4-7-10-22/h4,6-11,13,24-27,29-30,36-37H,2-3,5,12,14-21H2,1H3,(H,35,38)(H,39,40)/t24-,25-,26+,27-,29?,30+/m0/s1. The summed E-state index contributed by atoms with van der Waals surface area (Å²) in [6.07, 6.45) is 6.55. The normalized spacial score (nSPS) is 22.1. The van der Waals surface area contributed by atoms with Crippen molar-refractivity contribution in [1.82, 2.24) is 5.32 Å². The first-order valence-corrected chi connectivity index (χ1v) is 15.6. The SMILES string of the molecule is CCCCC[C@H](O)CC[C@@H]1[C@H]2Cc3cccc(OCC(=O)NC(CC(=O)O)C(=O)OCc4ccccc4)c3C[C@H]2C[C@H]1O. The van der Waals surface area contributed by atoms with Crippen LogP contribution in [0.4, 0.5) is 0 Å². The Labute approximate surface area is 253 Å². The highest BCUT2D eigenvalue weighted by Gasteiger charge is 2.45. The van der Waals surface area contributed by atoms with Gasteiger partial charge in [-0.15, -0.1) is 0 Å². The van der Waals surface area contributed by atoms with Crippen molar-refractivity contribution in [3.63, 3.8) is 0 Å². The number of fused-ring (bicyclic) bond motifs is 2. The van der Waals surface area contributed by atoms with Crippen LogP contribution in [0.3, 0.4) is 0 Å². The van der Waals surface area contributed by atoms with Crippen LogP contribution >= 0.6 is 0 Å². The number of hydrogen-bond acceptors (Lipinski definition) is 7. The number of aliphatic hydroxyl groups excluding tert-OH is 2. The van der Waals surface area contributed by atoms with E-state index >= 15 is 0 Å².